The van der Waals surface area contributed by atoms with E-state index in [-0.39, 0.29) is 0 Å². The van der Waals surface area contributed by atoms with E-state index >= 15 is 0 Å². The Hall–Kier alpha value is -0.310. The first-order chi connectivity index (χ1) is 7.24. The molecule has 3 heteroatoms. The van der Waals surface area contributed by atoms with Crippen LogP contribution in [0.2, 0.25) is 0 Å². The largest absolute Gasteiger partial charge is 0.292 e. The van der Waals surface area contributed by atoms with Crippen molar-refractivity contribution in [1.29, 1.82) is 0 Å². The number of allylic oxidation sites excluding steroid dienone is 1. The highest BCUT2D eigenvalue weighted by atomic mass is 35.5. The fourth-order valence-corrected chi connectivity index (χ4v) is 2.19. The monoisotopic (exact) mass is 243 g/mol. The molecule has 1 aromatic heterocycles. The predicted molar refractivity (Wildman–Crippen MR) is 69.7 cm³/mol. The van der Waals surface area contributed by atoms with Crippen molar-refractivity contribution in [2.45, 2.75) is 26.4 Å². The maximum absolute atomic E-state index is 5.60. The maximum Gasteiger partial charge on any atom is 0.0404 e. The van der Waals surface area contributed by atoms with Gasteiger partial charge in [-0.25, -0.2) is 0 Å². The molecule has 0 atom stereocenters. The van der Waals surface area contributed by atoms with E-state index in [1.54, 1.807) is 0 Å². The van der Waals surface area contributed by atoms with Gasteiger partial charge in [0.1, 0.15) is 0 Å². The van der Waals surface area contributed by atoms with Crippen LogP contribution in [0, 0.1) is 0 Å². The summed E-state index contributed by atoms with van der Waals surface area (Å²) < 4.78 is 0. The summed E-state index contributed by atoms with van der Waals surface area (Å²) in [5, 5.41) is 2.13. The summed E-state index contributed by atoms with van der Waals surface area (Å²) >= 11 is 7.42. The second-order valence-electron chi connectivity index (χ2n) is 3.73. The van der Waals surface area contributed by atoms with Gasteiger partial charge in [0.25, 0.3) is 0 Å². The van der Waals surface area contributed by atoms with E-state index in [9.17, 15) is 0 Å². The summed E-state index contributed by atoms with van der Waals surface area (Å²) in [4.78, 5) is 3.84. The second kappa shape index (κ2) is 7.04. The molecule has 0 amide bonds. The number of hydrogen-bond acceptors (Lipinski definition) is 2. The molecule has 0 radical (unpaired) electrons. The van der Waals surface area contributed by atoms with Gasteiger partial charge in [-0.2, -0.15) is 0 Å². The van der Waals surface area contributed by atoms with Crippen molar-refractivity contribution in [1.82, 2.24) is 4.90 Å². The maximum atomic E-state index is 5.60. The normalized spacial score (nSPS) is 12.1. The highest BCUT2D eigenvalue weighted by Crippen LogP contribution is 2.13. The van der Waals surface area contributed by atoms with Crippen LogP contribution in [0.1, 0.15) is 18.7 Å². The van der Waals surface area contributed by atoms with Crippen molar-refractivity contribution in [3.05, 3.63) is 34.5 Å². The van der Waals surface area contributed by atoms with Crippen molar-refractivity contribution >= 4 is 22.9 Å². The van der Waals surface area contributed by atoms with Crippen LogP contribution in [0.3, 0.4) is 0 Å². The molecule has 0 saturated carbocycles. The third-order valence-electron chi connectivity index (χ3n) is 2.26. The zero-order chi connectivity index (χ0) is 11.1. The van der Waals surface area contributed by atoms with Crippen LogP contribution in [0.15, 0.2) is 29.7 Å². The Morgan fingerprint density at radius 2 is 2.27 bits per heavy atom. The summed E-state index contributed by atoms with van der Waals surface area (Å²) in [5.41, 5.74) is 0. The van der Waals surface area contributed by atoms with Crippen LogP contribution in [0.5, 0.6) is 0 Å². The fourth-order valence-electron chi connectivity index (χ4n) is 1.33. The molecular formula is C12H18ClNS. The van der Waals surface area contributed by atoms with Crippen LogP contribution in [0.25, 0.3) is 0 Å². The zero-order valence-electron chi connectivity index (χ0n) is 9.32. The van der Waals surface area contributed by atoms with Crippen LogP contribution < -0.4 is 0 Å². The van der Waals surface area contributed by atoms with E-state index in [4.69, 9.17) is 11.6 Å². The van der Waals surface area contributed by atoms with Crippen LogP contribution in [-0.4, -0.2) is 23.4 Å². The van der Waals surface area contributed by atoms with Gasteiger partial charge in [0.15, 0.2) is 0 Å². The van der Waals surface area contributed by atoms with Gasteiger partial charge in [0.2, 0.25) is 0 Å². The summed E-state index contributed by atoms with van der Waals surface area (Å²) in [7, 11) is 0. The molecule has 0 aromatic carbocycles. The smallest absolute Gasteiger partial charge is 0.0404 e. The van der Waals surface area contributed by atoms with E-state index in [0.29, 0.717) is 11.9 Å². The summed E-state index contributed by atoms with van der Waals surface area (Å²) in [6, 6.07) is 4.85. The second-order valence-corrected chi connectivity index (χ2v) is 5.07. The molecule has 0 unspecified atom stereocenters. The first kappa shape index (κ1) is 12.8. The highest BCUT2D eigenvalue weighted by Gasteiger charge is 2.08. The third kappa shape index (κ3) is 4.83. The van der Waals surface area contributed by atoms with Crippen LogP contribution >= 0.6 is 22.9 Å². The first-order valence-corrected chi connectivity index (χ1v) is 6.63. The van der Waals surface area contributed by atoms with Gasteiger partial charge < -0.3 is 0 Å². The molecule has 1 nitrogen and oxygen atoms in total. The van der Waals surface area contributed by atoms with Gasteiger partial charge in [-0.3, -0.25) is 4.90 Å². The highest BCUT2D eigenvalue weighted by molar-refractivity contribution is 7.09. The lowest BCUT2D eigenvalue weighted by Gasteiger charge is -2.24. The van der Waals surface area contributed by atoms with Crippen molar-refractivity contribution in [3.63, 3.8) is 0 Å². The molecule has 15 heavy (non-hydrogen) atoms. The minimum absolute atomic E-state index is 0.562. The van der Waals surface area contributed by atoms with Crippen LogP contribution in [0.4, 0.5) is 0 Å². The molecule has 0 aliphatic heterocycles. The van der Waals surface area contributed by atoms with E-state index < -0.39 is 0 Å². The molecule has 0 N–H and O–H groups in total. The summed E-state index contributed by atoms with van der Waals surface area (Å²) in [6.07, 6.45) is 4.14. The lowest BCUT2D eigenvalue weighted by molar-refractivity contribution is 0.239. The molecule has 0 aliphatic carbocycles. The third-order valence-corrected chi connectivity index (χ3v) is 3.30. The average Bonchev–Trinajstić information content (AvgIpc) is 2.69. The van der Waals surface area contributed by atoms with E-state index in [2.05, 4.69) is 42.3 Å². The standard InChI is InChI=1S/C12H18ClNS/c1-11(2)14(8-4-3-7-13)10-12-6-5-9-15-12/h3-6,9,11H,7-8,10H2,1-2H3. The first-order valence-electron chi connectivity index (χ1n) is 5.21. The van der Waals surface area contributed by atoms with E-state index in [1.165, 1.54) is 4.88 Å². The Kier molecular flexibility index (Phi) is 5.99. The average molecular weight is 244 g/mol. The molecule has 0 spiro atoms. The minimum atomic E-state index is 0.562. The van der Waals surface area contributed by atoms with Gasteiger partial charge in [0, 0.05) is 29.9 Å². The Morgan fingerprint density at radius 1 is 1.47 bits per heavy atom. The number of hydrogen-bond donors (Lipinski definition) is 0. The predicted octanol–water partition coefficient (Wildman–Crippen LogP) is 3.75. The molecular weight excluding hydrogens is 226 g/mol. The minimum Gasteiger partial charge on any atom is -0.292 e. The number of alkyl halides is 1. The SMILES string of the molecule is CC(C)N(CC=CCCl)Cc1cccs1. The van der Waals surface area contributed by atoms with Crippen molar-refractivity contribution < 1.29 is 0 Å². The lowest BCUT2D eigenvalue weighted by atomic mass is 10.3. The Morgan fingerprint density at radius 3 is 2.80 bits per heavy atom. The van der Waals surface area contributed by atoms with Crippen LogP contribution in [-0.2, 0) is 6.54 Å². The summed E-state index contributed by atoms with van der Waals surface area (Å²) in [6.45, 7) is 6.45. The van der Waals surface area contributed by atoms with Gasteiger partial charge in [-0.15, -0.1) is 22.9 Å². The van der Waals surface area contributed by atoms with Gasteiger partial charge in [-0.1, -0.05) is 18.2 Å². The quantitative estimate of drug-likeness (QED) is 0.543. The molecule has 1 rings (SSSR count). The molecule has 1 heterocycles. The lowest BCUT2D eigenvalue weighted by Crippen LogP contribution is -2.30. The molecule has 0 fully saturated rings. The number of nitrogens with zero attached hydrogens (tertiary/aromatic N) is 1. The van der Waals surface area contributed by atoms with Gasteiger partial charge in [0.05, 0.1) is 0 Å². The molecule has 0 saturated heterocycles. The van der Waals surface area contributed by atoms with Crippen molar-refractivity contribution in [2.75, 3.05) is 12.4 Å². The van der Waals surface area contributed by atoms with Gasteiger partial charge in [-0.05, 0) is 25.3 Å². The molecule has 84 valence electrons. The summed E-state index contributed by atoms with van der Waals surface area (Å²) in [5.74, 6) is 0.602. The molecule has 0 bridgehead atoms. The Labute approximate surface area is 101 Å². The zero-order valence-corrected chi connectivity index (χ0v) is 10.9. The molecule has 1 aromatic rings. The van der Waals surface area contributed by atoms with Gasteiger partial charge >= 0.3 is 0 Å². The molecule has 0 aliphatic rings. The fraction of sp³-hybridized carbons (Fsp3) is 0.500. The van der Waals surface area contributed by atoms with Crippen molar-refractivity contribution in [2.24, 2.45) is 0 Å². The van der Waals surface area contributed by atoms with Crippen molar-refractivity contribution in [3.8, 4) is 0 Å². The number of rotatable bonds is 6. The number of thiophene rings is 1. The Bertz CT molecular complexity index is 280. The Balaban J connectivity index is 2.47. The van der Waals surface area contributed by atoms with E-state index in [0.717, 1.165) is 13.1 Å². The topological polar surface area (TPSA) is 3.24 Å². The number of halogens is 1. The van der Waals surface area contributed by atoms with E-state index in [1.807, 2.05) is 17.4 Å².